The summed E-state index contributed by atoms with van der Waals surface area (Å²) in [7, 11) is 0. The molecule has 0 bridgehead atoms. The standard InChI is InChI=1S/C25H25FN6O3S/c1-16-8-13-20(35-16)24-28-30-31(29-24)15-22(33)32(19-11-9-17(26)10-12-19)23(21-7-4-14-36-21)25(34)27-18-5-2-3-6-18/h4,7-14,18,23H,2-3,5-6,15H2,1H3,(H,27,34). The van der Waals surface area contributed by atoms with E-state index in [9.17, 15) is 14.0 Å². The van der Waals surface area contributed by atoms with Crippen LogP contribution in [-0.2, 0) is 16.1 Å². The highest BCUT2D eigenvalue weighted by atomic mass is 32.1. The molecule has 11 heteroatoms. The van der Waals surface area contributed by atoms with E-state index in [2.05, 4.69) is 20.7 Å². The molecule has 1 atom stereocenters. The molecule has 1 aromatic carbocycles. The van der Waals surface area contributed by atoms with E-state index in [0.717, 1.165) is 30.5 Å². The van der Waals surface area contributed by atoms with E-state index in [-0.39, 0.29) is 24.3 Å². The van der Waals surface area contributed by atoms with Crippen LogP contribution in [0.15, 0.2) is 58.3 Å². The molecule has 5 rings (SSSR count). The Bertz CT molecular complexity index is 1330. The zero-order valence-electron chi connectivity index (χ0n) is 19.6. The fourth-order valence-electron chi connectivity index (χ4n) is 4.37. The Morgan fingerprint density at radius 2 is 1.97 bits per heavy atom. The first kappa shape index (κ1) is 23.9. The van der Waals surface area contributed by atoms with E-state index in [1.165, 1.54) is 40.5 Å². The number of hydrogen-bond donors (Lipinski definition) is 1. The summed E-state index contributed by atoms with van der Waals surface area (Å²) in [6, 6.07) is 11.8. The van der Waals surface area contributed by atoms with Gasteiger partial charge in [-0.2, -0.15) is 4.80 Å². The Morgan fingerprint density at radius 1 is 1.19 bits per heavy atom. The van der Waals surface area contributed by atoms with E-state index in [4.69, 9.17) is 4.42 Å². The number of furan rings is 1. The highest BCUT2D eigenvalue weighted by molar-refractivity contribution is 7.10. The number of amides is 2. The van der Waals surface area contributed by atoms with E-state index in [1.54, 1.807) is 19.1 Å². The van der Waals surface area contributed by atoms with Crippen LogP contribution < -0.4 is 10.2 Å². The Morgan fingerprint density at radius 3 is 2.64 bits per heavy atom. The largest absolute Gasteiger partial charge is 0.458 e. The van der Waals surface area contributed by atoms with Gasteiger partial charge in [-0.05, 0) is 72.8 Å². The average Bonchev–Trinajstić information content (AvgIpc) is 3.66. The third-order valence-corrected chi connectivity index (χ3v) is 7.01. The minimum Gasteiger partial charge on any atom is -0.458 e. The van der Waals surface area contributed by atoms with E-state index < -0.39 is 17.8 Å². The molecule has 3 aromatic heterocycles. The normalized spacial score (nSPS) is 14.6. The Balaban J connectivity index is 1.47. The number of hydrogen-bond acceptors (Lipinski definition) is 7. The molecule has 1 unspecified atom stereocenters. The van der Waals surface area contributed by atoms with Crippen molar-refractivity contribution in [2.45, 2.75) is 51.2 Å². The molecule has 1 aliphatic rings. The van der Waals surface area contributed by atoms with Gasteiger partial charge < -0.3 is 9.73 Å². The van der Waals surface area contributed by atoms with Gasteiger partial charge >= 0.3 is 0 Å². The first-order valence-electron chi connectivity index (χ1n) is 11.7. The van der Waals surface area contributed by atoms with E-state index in [0.29, 0.717) is 22.1 Å². The van der Waals surface area contributed by atoms with Crippen LogP contribution in [0.3, 0.4) is 0 Å². The van der Waals surface area contributed by atoms with Gasteiger partial charge in [0, 0.05) is 16.6 Å². The Labute approximate surface area is 210 Å². The molecule has 0 aliphatic heterocycles. The molecule has 1 N–H and O–H groups in total. The molecule has 36 heavy (non-hydrogen) atoms. The summed E-state index contributed by atoms with van der Waals surface area (Å²) in [5.74, 6) is 0.228. The maximum atomic E-state index is 13.7. The number of rotatable bonds is 8. The second-order valence-electron chi connectivity index (χ2n) is 8.70. The van der Waals surface area contributed by atoms with Crippen LogP contribution in [-0.4, -0.2) is 38.1 Å². The number of tetrazole rings is 1. The van der Waals surface area contributed by atoms with Gasteiger partial charge in [-0.25, -0.2) is 4.39 Å². The van der Waals surface area contributed by atoms with Crippen molar-refractivity contribution in [1.29, 1.82) is 0 Å². The van der Waals surface area contributed by atoms with Crippen LogP contribution >= 0.6 is 11.3 Å². The monoisotopic (exact) mass is 508 g/mol. The molecule has 0 radical (unpaired) electrons. The first-order chi connectivity index (χ1) is 17.5. The maximum Gasteiger partial charge on any atom is 0.251 e. The molecule has 0 saturated heterocycles. The Hall–Kier alpha value is -3.86. The molecular weight excluding hydrogens is 483 g/mol. The molecule has 186 valence electrons. The minimum absolute atomic E-state index is 0.0708. The topological polar surface area (TPSA) is 106 Å². The van der Waals surface area contributed by atoms with Crippen LogP contribution in [0.4, 0.5) is 10.1 Å². The SMILES string of the molecule is Cc1ccc(-c2nnn(CC(=O)N(c3ccc(F)cc3)C(C(=O)NC3CCCC3)c3cccs3)n2)o1. The molecule has 1 saturated carbocycles. The number of thiophene rings is 1. The lowest BCUT2D eigenvalue weighted by Gasteiger charge is -2.31. The van der Waals surface area contributed by atoms with Crippen molar-refractivity contribution in [2.75, 3.05) is 4.90 Å². The lowest BCUT2D eigenvalue weighted by molar-refractivity contribution is -0.127. The number of carbonyl (C=O) groups is 2. The summed E-state index contributed by atoms with van der Waals surface area (Å²) in [5, 5.41) is 17.2. The zero-order chi connectivity index (χ0) is 25.1. The quantitative estimate of drug-likeness (QED) is 0.381. The van der Waals surface area contributed by atoms with Crippen LogP contribution in [0.2, 0.25) is 0 Å². The van der Waals surface area contributed by atoms with Crippen molar-refractivity contribution < 1.29 is 18.4 Å². The van der Waals surface area contributed by atoms with Gasteiger partial charge in [0.05, 0.1) is 0 Å². The fourth-order valence-corrected chi connectivity index (χ4v) is 5.18. The smallest absolute Gasteiger partial charge is 0.251 e. The van der Waals surface area contributed by atoms with Crippen LogP contribution in [0.25, 0.3) is 11.6 Å². The second-order valence-corrected chi connectivity index (χ2v) is 9.68. The fraction of sp³-hybridized carbons (Fsp3) is 0.320. The lowest BCUT2D eigenvalue weighted by Crippen LogP contribution is -2.47. The molecule has 3 heterocycles. The predicted molar refractivity (Wildman–Crippen MR) is 132 cm³/mol. The molecule has 1 aliphatic carbocycles. The van der Waals surface area contributed by atoms with Crippen LogP contribution in [0.1, 0.15) is 42.4 Å². The van der Waals surface area contributed by atoms with Crippen molar-refractivity contribution in [3.63, 3.8) is 0 Å². The van der Waals surface area contributed by atoms with E-state index >= 15 is 0 Å². The number of carbonyl (C=O) groups excluding carboxylic acids is 2. The highest BCUT2D eigenvalue weighted by Crippen LogP contribution is 2.32. The third-order valence-electron chi connectivity index (χ3n) is 6.08. The van der Waals surface area contributed by atoms with Crippen LogP contribution in [0, 0.1) is 12.7 Å². The maximum absolute atomic E-state index is 13.7. The molecule has 9 nitrogen and oxygen atoms in total. The van der Waals surface area contributed by atoms with E-state index in [1.807, 2.05) is 17.5 Å². The van der Waals surface area contributed by atoms with Gasteiger partial charge in [0.15, 0.2) is 5.76 Å². The summed E-state index contributed by atoms with van der Waals surface area (Å²) in [5.41, 5.74) is 0.392. The summed E-state index contributed by atoms with van der Waals surface area (Å²) >= 11 is 1.38. The van der Waals surface area contributed by atoms with Gasteiger partial charge in [0.1, 0.15) is 24.2 Å². The number of aromatic nitrogens is 4. The van der Waals surface area contributed by atoms with Gasteiger partial charge in [-0.15, -0.1) is 21.5 Å². The van der Waals surface area contributed by atoms with Gasteiger partial charge in [-0.3, -0.25) is 14.5 Å². The van der Waals surface area contributed by atoms with Crippen LogP contribution in [0.5, 0.6) is 0 Å². The zero-order valence-corrected chi connectivity index (χ0v) is 20.4. The number of halogens is 1. The van der Waals surface area contributed by atoms with Gasteiger partial charge in [0.25, 0.3) is 5.91 Å². The number of nitrogens with one attached hydrogen (secondary N) is 1. The lowest BCUT2D eigenvalue weighted by atomic mass is 10.1. The van der Waals surface area contributed by atoms with Gasteiger partial charge in [-0.1, -0.05) is 18.9 Å². The Kier molecular flexibility index (Phi) is 6.90. The van der Waals surface area contributed by atoms with Gasteiger partial charge in [0.2, 0.25) is 11.7 Å². The first-order valence-corrected chi connectivity index (χ1v) is 12.6. The highest BCUT2D eigenvalue weighted by Gasteiger charge is 2.35. The summed E-state index contributed by atoms with van der Waals surface area (Å²) in [6.45, 7) is 1.53. The summed E-state index contributed by atoms with van der Waals surface area (Å²) < 4.78 is 19.3. The van der Waals surface area contributed by atoms with Crippen molar-refractivity contribution in [3.05, 3.63) is 70.4 Å². The molecule has 4 aromatic rings. The number of nitrogens with zero attached hydrogens (tertiary/aromatic N) is 5. The molecule has 0 spiro atoms. The summed E-state index contributed by atoms with van der Waals surface area (Å²) in [6.07, 6.45) is 3.94. The average molecular weight is 509 g/mol. The minimum atomic E-state index is -0.931. The number of anilines is 1. The second kappa shape index (κ2) is 10.4. The number of aryl methyl sites for hydroxylation is 1. The van der Waals surface area contributed by atoms with Crippen molar-refractivity contribution in [2.24, 2.45) is 0 Å². The number of benzene rings is 1. The summed E-state index contributed by atoms with van der Waals surface area (Å²) in [4.78, 5) is 30.6. The van der Waals surface area contributed by atoms with Crippen molar-refractivity contribution >= 4 is 28.8 Å². The third kappa shape index (κ3) is 5.20. The molecule has 1 fully saturated rings. The predicted octanol–water partition coefficient (Wildman–Crippen LogP) is 4.28. The molecule has 2 amide bonds. The van der Waals surface area contributed by atoms with Crippen molar-refractivity contribution in [1.82, 2.24) is 25.5 Å². The van der Waals surface area contributed by atoms with Crippen molar-refractivity contribution in [3.8, 4) is 11.6 Å². The molecular formula is C25H25FN6O3S.